The molecule has 0 bridgehead atoms. The zero-order valence-electron chi connectivity index (χ0n) is 10.7. The number of phenolic OH excluding ortho intramolecular Hbond substituents is 1. The number of aliphatic hydroxyl groups excluding tert-OH is 1. The number of para-hydroxylation sites is 1. The molecule has 18 heavy (non-hydrogen) atoms. The predicted octanol–water partition coefficient (Wildman–Crippen LogP) is 1.10. The second-order valence-corrected chi connectivity index (χ2v) is 4.31. The number of aliphatic hydroxyl groups is 1. The number of nitrogens with one attached hydrogen (secondary N) is 1. The summed E-state index contributed by atoms with van der Waals surface area (Å²) in [4.78, 5) is 4.95. The fourth-order valence-electron chi connectivity index (χ4n) is 1.25. The number of rotatable bonds is 7. The Balaban J connectivity index is 2.27. The summed E-state index contributed by atoms with van der Waals surface area (Å²) < 4.78 is 0. The minimum absolute atomic E-state index is 0.115. The zero-order chi connectivity index (χ0) is 13.4. The third-order valence-electron chi connectivity index (χ3n) is 2.23. The summed E-state index contributed by atoms with van der Waals surface area (Å²) in [5.41, 5.74) is 0.576. The Kier molecular flexibility index (Phi) is 6.18. The van der Waals surface area contributed by atoms with E-state index >= 15 is 0 Å². The lowest BCUT2D eigenvalue weighted by Crippen LogP contribution is -2.34. The molecule has 5 heteroatoms. The quantitative estimate of drug-likeness (QED) is 0.502. The van der Waals surface area contributed by atoms with Crippen LogP contribution in [0.15, 0.2) is 29.4 Å². The Morgan fingerprint density at radius 1 is 1.39 bits per heavy atom. The highest BCUT2D eigenvalue weighted by atomic mass is 16.6. The van der Waals surface area contributed by atoms with Gasteiger partial charge in [0.15, 0.2) is 0 Å². The summed E-state index contributed by atoms with van der Waals surface area (Å²) in [6, 6.07) is 7.14. The third-order valence-corrected chi connectivity index (χ3v) is 2.23. The zero-order valence-corrected chi connectivity index (χ0v) is 10.7. The normalized spacial score (nSPS) is 13.1. The van der Waals surface area contributed by atoms with Crippen LogP contribution in [0.4, 0.5) is 0 Å². The molecule has 0 saturated carbocycles. The molecule has 0 fully saturated rings. The fraction of sp³-hybridized carbons (Fsp3) is 0.462. The van der Waals surface area contributed by atoms with Gasteiger partial charge in [0, 0.05) is 18.2 Å². The molecule has 0 amide bonds. The molecule has 3 N–H and O–H groups in total. The summed E-state index contributed by atoms with van der Waals surface area (Å²) in [5, 5.41) is 25.8. The van der Waals surface area contributed by atoms with Crippen molar-refractivity contribution in [1.82, 2.24) is 5.32 Å². The van der Waals surface area contributed by atoms with Crippen molar-refractivity contribution >= 4 is 6.21 Å². The number of benzene rings is 1. The molecule has 0 aliphatic rings. The summed E-state index contributed by atoms with van der Waals surface area (Å²) in [6.45, 7) is 4.58. The summed E-state index contributed by atoms with van der Waals surface area (Å²) in [5.74, 6) is 0.145. The third kappa shape index (κ3) is 5.65. The molecule has 0 aromatic heterocycles. The van der Waals surface area contributed by atoms with Gasteiger partial charge in [0.25, 0.3) is 0 Å². The van der Waals surface area contributed by atoms with Gasteiger partial charge in [0.1, 0.15) is 18.5 Å². The van der Waals surface area contributed by atoms with Gasteiger partial charge >= 0.3 is 0 Å². The van der Waals surface area contributed by atoms with Crippen LogP contribution in [0.25, 0.3) is 0 Å². The lowest BCUT2D eigenvalue weighted by atomic mass is 10.2. The Morgan fingerprint density at radius 2 is 2.11 bits per heavy atom. The number of oxime groups is 1. The highest BCUT2D eigenvalue weighted by Gasteiger charge is 2.04. The van der Waals surface area contributed by atoms with Crippen LogP contribution in [-0.4, -0.2) is 41.7 Å². The van der Waals surface area contributed by atoms with E-state index < -0.39 is 6.10 Å². The molecule has 0 aliphatic heterocycles. The van der Waals surface area contributed by atoms with Gasteiger partial charge in [-0.1, -0.05) is 31.1 Å². The molecule has 0 spiro atoms. The summed E-state index contributed by atoms with van der Waals surface area (Å²) >= 11 is 0. The lowest BCUT2D eigenvalue weighted by molar-refractivity contribution is 0.0401. The van der Waals surface area contributed by atoms with Gasteiger partial charge in [-0.05, 0) is 12.1 Å². The Bertz CT molecular complexity index is 380. The number of nitrogens with zero attached hydrogens (tertiary/aromatic N) is 1. The summed E-state index contributed by atoms with van der Waals surface area (Å²) in [7, 11) is 0. The fourth-order valence-corrected chi connectivity index (χ4v) is 1.25. The van der Waals surface area contributed by atoms with Gasteiger partial charge < -0.3 is 20.4 Å². The Hall–Kier alpha value is -1.59. The summed E-state index contributed by atoms with van der Waals surface area (Å²) in [6.07, 6.45) is 0.812. The van der Waals surface area contributed by atoms with Crippen LogP contribution in [0, 0.1) is 0 Å². The smallest absolute Gasteiger partial charge is 0.144 e. The average molecular weight is 252 g/mol. The second kappa shape index (κ2) is 7.68. The number of hydrogen-bond donors (Lipinski definition) is 3. The number of hydrogen-bond acceptors (Lipinski definition) is 5. The SMILES string of the molecule is CC(C)NCC(O)CO/N=C/c1ccccc1O. The molecular formula is C13H20N2O3. The highest BCUT2D eigenvalue weighted by molar-refractivity contribution is 5.82. The molecule has 0 saturated heterocycles. The van der Waals surface area contributed by atoms with Crippen molar-refractivity contribution in [1.29, 1.82) is 0 Å². The molecule has 1 rings (SSSR count). The molecule has 0 heterocycles. The first-order valence-electron chi connectivity index (χ1n) is 5.94. The minimum Gasteiger partial charge on any atom is -0.507 e. The first kappa shape index (κ1) is 14.5. The van der Waals surface area contributed by atoms with Crippen molar-refractivity contribution in [2.24, 2.45) is 5.16 Å². The van der Waals surface area contributed by atoms with E-state index in [4.69, 9.17) is 4.84 Å². The Labute approximate surface area is 107 Å². The van der Waals surface area contributed by atoms with Gasteiger partial charge in [0.2, 0.25) is 0 Å². The second-order valence-electron chi connectivity index (χ2n) is 4.31. The van der Waals surface area contributed by atoms with Crippen molar-refractivity contribution in [3.05, 3.63) is 29.8 Å². The van der Waals surface area contributed by atoms with Gasteiger partial charge in [-0.25, -0.2) is 0 Å². The van der Waals surface area contributed by atoms with Crippen LogP contribution in [0.1, 0.15) is 19.4 Å². The van der Waals surface area contributed by atoms with E-state index in [-0.39, 0.29) is 12.4 Å². The van der Waals surface area contributed by atoms with Gasteiger partial charge in [-0.3, -0.25) is 0 Å². The molecule has 0 radical (unpaired) electrons. The average Bonchev–Trinajstić information content (AvgIpc) is 2.34. The van der Waals surface area contributed by atoms with Crippen LogP contribution in [0.5, 0.6) is 5.75 Å². The predicted molar refractivity (Wildman–Crippen MR) is 70.8 cm³/mol. The van der Waals surface area contributed by atoms with Gasteiger partial charge in [-0.2, -0.15) is 0 Å². The largest absolute Gasteiger partial charge is 0.507 e. The van der Waals surface area contributed by atoms with Crippen molar-refractivity contribution in [2.75, 3.05) is 13.2 Å². The van der Waals surface area contributed by atoms with Crippen molar-refractivity contribution in [2.45, 2.75) is 26.0 Å². The van der Waals surface area contributed by atoms with E-state index in [0.717, 1.165) is 0 Å². The molecule has 100 valence electrons. The maximum atomic E-state index is 9.54. The lowest BCUT2D eigenvalue weighted by Gasteiger charge is -2.12. The van der Waals surface area contributed by atoms with E-state index in [0.29, 0.717) is 18.2 Å². The van der Waals surface area contributed by atoms with Gasteiger partial charge in [0.05, 0.1) is 6.21 Å². The standard InChI is InChI=1S/C13H20N2O3/c1-10(2)14-8-12(16)9-18-15-7-11-5-3-4-6-13(11)17/h3-7,10,12,14,16-17H,8-9H2,1-2H3/b15-7+. The molecule has 1 aromatic carbocycles. The van der Waals surface area contributed by atoms with E-state index in [1.807, 2.05) is 13.8 Å². The first-order chi connectivity index (χ1) is 8.59. The van der Waals surface area contributed by atoms with Crippen LogP contribution >= 0.6 is 0 Å². The van der Waals surface area contributed by atoms with Crippen LogP contribution in [0.2, 0.25) is 0 Å². The van der Waals surface area contributed by atoms with E-state index in [1.165, 1.54) is 6.21 Å². The van der Waals surface area contributed by atoms with Gasteiger partial charge in [-0.15, -0.1) is 0 Å². The van der Waals surface area contributed by atoms with E-state index in [1.54, 1.807) is 24.3 Å². The Morgan fingerprint density at radius 3 is 2.78 bits per heavy atom. The maximum absolute atomic E-state index is 9.54. The highest BCUT2D eigenvalue weighted by Crippen LogP contribution is 2.12. The molecule has 1 unspecified atom stereocenters. The number of aromatic hydroxyl groups is 1. The molecule has 0 aliphatic carbocycles. The van der Waals surface area contributed by atoms with Crippen LogP contribution in [0.3, 0.4) is 0 Å². The molecule has 1 atom stereocenters. The van der Waals surface area contributed by atoms with Crippen LogP contribution in [-0.2, 0) is 4.84 Å². The van der Waals surface area contributed by atoms with Crippen LogP contribution < -0.4 is 5.32 Å². The topological polar surface area (TPSA) is 74.1 Å². The van der Waals surface area contributed by atoms with Crippen molar-refractivity contribution in [3.8, 4) is 5.75 Å². The first-order valence-corrected chi connectivity index (χ1v) is 5.94. The maximum Gasteiger partial charge on any atom is 0.144 e. The molecule has 1 aromatic rings. The molecular weight excluding hydrogens is 232 g/mol. The van der Waals surface area contributed by atoms with Crippen molar-refractivity contribution in [3.63, 3.8) is 0 Å². The number of phenols is 1. The van der Waals surface area contributed by atoms with E-state index in [2.05, 4.69) is 10.5 Å². The van der Waals surface area contributed by atoms with E-state index in [9.17, 15) is 10.2 Å². The monoisotopic (exact) mass is 252 g/mol. The minimum atomic E-state index is -0.603. The molecule has 5 nitrogen and oxygen atoms in total. The van der Waals surface area contributed by atoms with Crippen molar-refractivity contribution < 1.29 is 15.1 Å².